The zero-order valence-corrected chi connectivity index (χ0v) is 13.9. The van der Waals surface area contributed by atoms with Gasteiger partial charge in [0.1, 0.15) is 5.82 Å². The van der Waals surface area contributed by atoms with E-state index in [0.717, 1.165) is 41.0 Å². The molecular weight excluding hydrogens is 322 g/mol. The quantitative estimate of drug-likeness (QED) is 0.742. The Morgan fingerprint density at radius 2 is 1.83 bits per heavy atom. The number of hydrogen-bond donors (Lipinski definition) is 2. The third-order valence-corrected chi connectivity index (χ3v) is 4.82. The molecule has 2 aromatic carbocycles. The molecule has 4 N–H and O–H groups in total. The summed E-state index contributed by atoms with van der Waals surface area (Å²) in [4.78, 5) is 10.7. The Morgan fingerprint density at radius 1 is 1.04 bits per heavy atom. The van der Waals surface area contributed by atoms with E-state index in [-0.39, 0.29) is 5.95 Å². The molecule has 1 saturated heterocycles. The van der Waals surface area contributed by atoms with Crippen molar-refractivity contribution in [2.75, 3.05) is 22.9 Å². The van der Waals surface area contributed by atoms with Crippen LogP contribution in [0.1, 0.15) is 24.4 Å². The second kappa shape index (κ2) is 5.83. The molecule has 5 nitrogen and oxygen atoms in total. The van der Waals surface area contributed by atoms with Gasteiger partial charge < -0.3 is 16.4 Å². The lowest BCUT2D eigenvalue weighted by Gasteiger charge is -2.27. The predicted molar refractivity (Wildman–Crippen MR) is 99.1 cm³/mol. The normalized spacial score (nSPS) is 17.5. The fourth-order valence-electron chi connectivity index (χ4n) is 3.44. The summed E-state index contributed by atoms with van der Waals surface area (Å²) in [6, 6.07) is 14.5. The fourth-order valence-corrected chi connectivity index (χ4v) is 3.57. The molecule has 0 aliphatic carbocycles. The van der Waals surface area contributed by atoms with Gasteiger partial charge in [-0.15, -0.1) is 0 Å². The lowest BCUT2D eigenvalue weighted by molar-refractivity contribution is 0.719. The summed E-state index contributed by atoms with van der Waals surface area (Å²) in [6.07, 6.45) is 2.27. The van der Waals surface area contributed by atoms with E-state index in [4.69, 9.17) is 23.1 Å². The molecule has 2 heterocycles. The number of benzene rings is 2. The van der Waals surface area contributed by atoms with Gasteiger partial charge in [0.05, 0.1) is 11.6 Å². The summed E-state index contributed by atoms with van der Waals surface area (Å²) in [5.41, 5.74) is 14.9. The number of nitrogens with zero attached hydrogens (tertiary/aromatic N) is 3. The maximum atomic E-state index is 6.02. The van der Waals surface area contributed by atoms with Crippen molar-refractivity contribution in [3.63, 3.8) is 0 Å². The van der Waals surface area contributed by atoms with E-state index < -0.39 is 0 Å². The number of aromatic nitrogens is 2. The summed E-state index contributed by atoms with van der Waals surface area (Å²) in [7, 11) is 0. The largest absolute Gasteiger partial charge is 0.383 e. The molecule has 0 amide bonds. The minimum atomic E-state index is 0.202. The molecule has 0 spiro atoms. The first kappa shape index (κ1) is 15.0. The topological polar surface area (TPSA) is 81.1 Å². The molecule has 1 fully saturated rings. The average Bonchev–Trinajstić information content (AvgIpc) is 3.05. The van der Waals surface area contributed by atoms with Crippen LogP contribution < -0.4 is 16.4 Å². The lowest BCUT2D eigenvalue weighted by atomic mass is 10.0. The van der Waals surface area contributed by atoms with Crippen molar-refractivity contribution in [2.45, 2.75) is 18.9 Å². The SMILES string of the molecule is Nc1nc(N)c2cc(N3CCCC3c3ccc(Cl)cc3)ccc2n1. The van der Waals surface area contributed by atoms with E-state index >= 15 is 0 Å². The van der Waals surface area contributed by atoms with Gasteiger partial charge in [-0.1, -0.05) is 23.7 Å². The molecule has 1 aromatic heterocycles. The number of hydrogen-bond acceptors (Lipinski definition) is 5. The molecule has 4 rings (SSSR count). The molecular formula is C18H18ClN5. The van der Waals surface area contributed by atoms with Crippen LogP contribution in [0.25, 0.3) is 10.9 Å². The lowest BCUT2D eigenvalue weighted by Crippen LogP contribution is -2.22. The highest BCUT2D eigenvalue weighted by molar-refractivity contribution is 6.30. The van der Waals surface area contributed by atoms with Gasteiger partial charge in [-0.2, -0.15) is 4.98 Å². The fraction of sp³-hybridized carbons (Fsp3) is 0.222. The standard InChI is InChI=1S/C18H18ClN5/c19-12-5-3-11(4-6-12)16-2-1-9-24(16)13-7-8-15-14(10-13)17(20)23-18(21)22-15/h3-8,10,16H,1-2,9H2,(H4,20,21,22,23). The molecule has 0 saturated carbocycles. The third kappa shape index (κ3) is 2.61. The van der Waals surface area contributed by atoms with Gasteiger partial charge in [0.15, 0.2) is 0 Å². The van der Waals surface area contributed by atoms with Crippen LogP contribution in [-0.2, 0) is 0 Å². The molecule has 6 heteroatoms. The first-order valence-corrected chi connectivity index (χ1v) is 8.34. The van der Waals surface area contributed by atoms with Crippen molar-refractivity contribution >= 4 is 40.0 Å². The minimum Gasteiger partial charge on any atom is -0.383 e. The molecule has 1 aliphatic rings. The van der Waals surface area contributed by atoms with Crippen molar-refractivity contribution in [3.8, 4) is 0 Å². The summed E-state index contributed by atoms with van der Waals surface area (Å²) in [6.45, 7) is 1.01. The molecule has 1 atom stereocenters. The Balaban J connectivity index is 1.74. The van der Waals surface area contributed by atoms with Crippen LogP contribution in [0.5, 0.6) is 0 Å². The highest BCUT2D eigenvalue weighted by Gasteiger charge is 2.26. The number of nitrogen functional groups attached to an aromatic ring is 2. The number of anilines is 3. The van der Waals surface area contributed by atoms with E-state index in [2.05, 4.69) is 39.1 Å². The minimum absolute atomic E-state index is 0.202. The first-order chi connectivity index (χ1) is 11.6. The maximum absolute atomic E-state index is 6.02. The second-order valence-corrected chi connectivity index (χ2v) is 6.51. The molecule has 3 aromatic rings. The summed E-state index contributed by atoms with van der Waals surface area (Å²) >= 11 is 6.02. The Hall–Kier alpha value is -2.53. The van der Waals surface area contributed by atoms with Crippen LogP contribution in [0.2, 0.25) is 5.02 Å². The van der Waals surface area contributed by atoms with Gasteiger partial charge in [-0.25, -0.2) is 4.98 Å². The van der Waals surface area contributed by atoms with Gasteiger partial charge in [-0.05, 0) is 48.7 Å². The Labute approximate surface area is 145 Å². The van der Waals surface area contributed by atoms with E-state index in [1.54, 1.807) is 0 Å². The highest BCUT2D eigenvalue weighted by Crippen LogP contribution is 2.37. The molecule has 0 bridgehead atoms. The van der Waals surface area contributed by atoms with Gasteiger partial charge >= 0.3 is 0 Å². The average molecular weight is 340 g/mol. The monoisotopic (exact) mass is 339 g/mol. The van der Waals surface area contributed by atoms with Crippen molar-refractivity contribution in [1.29, 1.82) is 0 Å². The zero-order valence-electron chi connectivity index (χ0n) is 13.1. The van der Waals surface area contributed by atoms with Crippen molar-refractivity contribution in [2.24, 2.45) is 0 Å². The first-order valence-electron chi connectivity index (χ1n) is 7.97. The van der Waals surface area contributed by atoms with Gasteiger partial charge in [0.25, 0.3) is 0 Å². The molecule has 122 valence electrons. The van der Waals surface area contributed by atoms with Crippen LogP contribution in [0.3, 0.4) is 0 Å². The summed E-state index contributed by atoms with van der Waals surface area (Å²) < 4.78 is 0. The number of halogens is 1. The maximum Gasteiger partial charge on any atom is 0.222 e. The Bertz CT molecular complexity index is 894. The number of nitrogens with two attached hydrogens (primary N) is 2. The second-order valence-electron chi connectivity index (χ2n) is 6.07. The van der Waals surface area contributed by atoms with E-state index in [0.29, 0.717) is 11.9 Å². The van der Waals surface area contributed by atoms with E-state index in [1.165, 1.54) is 5.56 Å². The van der Waals surface area contributed by atoms with Crippen LogP contribution in [0.4, 0.5) is 17.5 Å². The van der Waals surface area contributed by atoms with Crippen molar-refractivity contribution in [3.05, 3.63) is 53.1 Å². The third-order valence-electron chi connectivity index (χ3n) is 4.57. The zero-order chi connectivity index (χ0) is 16.7. The Kier molecular flexibility index (Phi) is 3.65. The van der Waals surface area contributed by atoms with Crippen LogP contribution in [-0.4, -0.2) is 16.5 Å². The van der Waals surface area contributed by atoms with Gasteiger partial charge in [0.2, 0.25) is 5.95 Å². The summed E-state index contributed by atoms with van der Waals surface area (Å²) in [5, 5.41) is 1.60. The van der Waals surface area contributed by atoms with Crippen LogP contribution in [0.15, 0.2) is 42.5 Å². The smallest absolute Gasteiger partial charge is 0.222 e. The van der Waals surface area contributed by atoms with Gasteiger partial charge in [0, 0.05) is 22.6 Å². The Morgan fingerprint density at radius 3 is 2.62 bits per heavy atom. The van der Waals surface area contributed by atoms with Crippen molar-refractivity contribution < 1.29 is 0 Å². The number of rotatable bonds is 2. The molecule has 1 unspecified atom stereocenters. The molecule has 1 aliphatic heterocycles. The van der Waals surface area contributed by atoms with E-state index in [1.807, 2.05) is 18.2 Å². The van der Waals surface area contributed by atoms with E-state index in [9.17, 15) is 0 Å². The van der Waals surface area contributed by atoms with Gasteiger partial charge in [-0.3, -0.25) is 0 Å². The predicted octanol–water partition coefficient (Wildman–Crippen LogP) is 3.79. The number of fused-ring (bicyclic) bond motifs is 1. The summed E-state index contributed by atoms with van der Waals surface area (Å²) in [5.74, 6) is 0.620. The molecule has 24 heavy (non-hydrogen) atoms. The van der Waals surface area contributed by atoms with Crippen LogP contribution in [0, 0.1) is 0 Å². The highest BCUT2D eigenvalue weighted by atomic mass is 35.5. The van der Waals surface area contributed by atoms with Crippen molar-refractivity contribution in [1.82, 2.24) is 9.97 Å². The van der Waals surface area contributed by atoms with Crippen LogP contribution >= 0.6 is 11.6 Å². The molecule has 0 radical (unpaired) electrons.